The van der Waals surface area contributed by atoms with Crippen LogP contribution < -0.4 is 5.32 Å². The van der Waals surface area contributed by atoms with Gasteiger partial charge in [0.25, 0.3) is 5.69 Å². The van der Waals surface area contributed by atoms with Crippen LogP contribution in [0.4, 0.5) is 11.4 Å². The molecule has 0 fully saturated rings. The fourth-order valence-corrected chi connectivity index (χ4v) is 1.96. The van der Waals surface area contributed by atoms with E-state index in [0.717, 1.165) is 24.2 Å². The van der Waals surface area contributed by atoms with Crippen LogP contribution in [0.5, 0.6) is 0 Å². The van der Waals surface area contributed by atoms with Crippen LogP contribution in [0.15, 0.2) is 48.5 Å². The highest BCUT2D eigenvalue weighted by molar-refractivity contribution is 5.94. The molecule has 108 valence electrons. The van der Waals surface area contributed by atoms with Crippen LogP contribution >= 0.6 is 0 Å². The summed E-state index contributed by atoms with van der Waals surface area (Å²) < 4.78 is 0. The maximum absolute atomic E-state index is 11.2. The largest absolute Gasteiger partial charge is 0.385 e. The molecule has 0 aliphatic rings. The molecular formula is C16H16N2O3. The Morgan fingerprint density at radius 1 is 1.10 bits per heavy atom. The van der Waals surface area contributed by atoms with Crippen molar-refractivity contribution < 1.29 is 9.72 Å². The Hall–Kier alpha value is -2.69. The quantitative estimate of drug-likeness (QED) is 0.501. The molecule has 0 amide bonds. The monoisotopic (exact) mass is 284 g/mol. The number of nitrogens with zero attached hydrogens (tertiary/aromatic N) is 1. The molecule has 0 aliphatic heterocycles. The molecule has 5 heteroatoms. The van der Waals surface area contributed by atoms with Gasteiger partial charge in [-0.05, 0) is 43.2 Å². The van der Waals surface area contributed by atoms with E-state index in [4.69, 9.17) is 0 Å². The molecule has 0 unspecified atom stereocenters. The Morgan fingerprint density at radius 2 is 1.71 bits per heavy atom. The molecule has 5 nitrogen and oxygen atoms in total. The zero-order chi connectivity index (χ0) is 15.2. The number of nitro groups is 1. The lowest BCUT2D eigenvalue weighted by Gasteiger charge is -2.07. The van der Waals surface area contributed by atoms with Crippen molar-refractivity contribution in [1.29, 1.82) is 0 Å². The van der Waals surface area contributed by atoms with Crippen LogP contribution in [0, 0.1) is 10.1 Å². The van der Waals surface area contributed by atoms with Gasteiger partial charge in [-0.3, -0.25) is 14.9 Å². The Bertz CT molecular complexity index is 576. The van der Waals surface area contributed by atoms with Gasteiger partial charge in [-0.1, -0.05) is 12.1 Å². The summed E-state index contributed by atoms with van der Waals surface area (Å²) in [7, 11) is 0. The average molecular weight is 284 g/mol. The molecule has 0 aromatic heterocycles. The summed E-state index contributed by atoms with van der Waals surface area (Å²) in [6.07, 6.45) is 0.770. The number of Topliss-reactive ketones (excluding diaryl/α,β-unsaturated/α-hetero) is 1. The van der Waals surface area contributed by atoms with Crippen molar-refractivity contribution in [2.45, 2.75) is 13.3 Å². The standard InChI is InChI=1S/C16H16N2O3/c1-12(19)14-4-6-15(7-5-14)17-11-10-13-2-8-16(9-3-13)18(20)21/h2-9,17H,10-11H2,1H3. The van der Waals surface area contributed by atoms with E-state index in [2.05, 4.69) is 5.32 Å². The summed E-state index contributed by atoms with van der Waals surface area (Å²) in [4.78, 5) is 21.3. The first kappa shape index (κ1) is 14.7. The van der Waals surface area contributed by atoms with Crippen molar-refractivity contribution in [2.24, 2.45) is 0 Å². The summed E-state index contributed by atoms with van der Waals surface area (Å²) in [5.74, 6) is 0.0485. The van der Waals surface area contributed by atoms with Crippen LogP contribution in [0.1, 0.15) is 22.8 Å². The van der Waals surface area contributed by atoms with Crippen molar-refractivity contribution in [2.75, 3.05) is 11.9 Å². The highest BCUT2D eigenvalue weighted by Gasteiger charge is 2.03. The van der Waals surface area contributed by atoms with Gasteiger partial charge in [0.2, 0.25) is 0 Å². The zero-order valence-electron chi connectivity index (χ0n) is 11.7. The van der Waals surface area contributed by atoms with Gasteiger partial charge in [0, 0.05) is 29.9 Å². The SMILES string of the molecule is CC(=O)c1ccc(NCCc2ccc([N+](=O)[O-])cc2)cc1. The van der Waals surface area contributed by atoms with Gasteiger partial charge in [-0.15, -0.1) is 0 Å². The molecule has 1 N–H and O–H groups in total. The number of benzene rings is 2. The molecule has 0 bridgehead atoms. The van der Waals surface area contributed by atoms with Crippen LogP contribution in [0.3, 0.4) is 0 Å². The Balaban J connectivity index is 1.86. The third-order valence-corrected chi connectivity index (χ3v) is 3.18. The first-order valence-electron chi connectivity index (χ1n) is 6.64. The van der Waals surface area contributed by atoms with Gasteiger partial charge in [-0.2, -0.15) is 0 Å². The van der Waals surface area contributed by atoms with Gasteiger partial charge in [-0.25, -0.2) is 0 Å². The van der Waals surface area contributed by atoms with Gasteiger partial charge in [0.15, 0.2) is 5.78 Å². The third kappa shape index (κ3) is 4.14. The molecule has 0 aliphatic carbocycles. The van der Waals surface area contributed by atoms with E-state index >= 15 is 0 Å². The van der Waals surface area contributed by atoms with E-state index in [0.29, 0.717) is 5.56 Å². The van der Waals surface area contributed by atoms with Crippen molar-refractivity contribution in [1.82, 2.24) is 0 Å². The minimum atomic E-state index is -0.404. The lowest BCUT2D eigenvalue weighted by atomic mass is 10.1. The third-order valence-electron chi connectivity index (χ3n) is 3.18. The second-order valence-corrected chi connectivity index (χ2v) is 4.73. The maximum atomic E-state index is 11.2. The number of non-ortho nitro benzene ring substituents is 1. The van der Waals surface area contributed by atoms with Crippen LogP contribution in [-0.2, 0) is 6.42 Å². The van der Waals surface area contributed by atoms with Gasteiger partial charge >= 0.3 is 0 Å². The van der Waals surface area contributed by atoms with Gasteiger partial charge < -0.3 is 5.32 Å². The number of nitro benzene ring substituents is 1. The van der Waals surface area contributed by atoms with Crippen molar-refractivity contribution in [3.8, 4) is 0 Å². The van der Waals surface area contributed by atoms with Crippen LogP contribution in [-0.4, -0.2) is 17.3 Å². The lowest BCUT2D eigenvalue weighted by molar-refractivity contribution is -0.384. The minimum Gasteiger partial charge on any atom is -0.385 e. The maximum Gasteiger partial charge on any atom is 0.269 e. The van der Waals surface area contributed by atoms with Crippen molar-refractivity contribution >= 4 is 17.2 Å². The van der Waals surface area contributed by atoms with E-state index in [9.17, 15) is 14.9 Å². The fraction of sp³-hybridized carbons (Fsp3) is 0.188. The number of carbonyl (C=O) groups excluding carboxylic acids is 1. The van der Waals surface area contributed by atoms with E-state index in [1.807, 2.05) is 12.1 Å². The zero-order valence-corrected chi connectivity index (χ0v) is 11.7. The summed E-state index contributed by atoms with van der Waals surface area (Å²) in [5, 5.41) is 13.8. The topological polar surface area (TPSA) is 72.2 Å². The number of hydrogen-bond donors (Lipinski definition) is 1. The predicted octanol–water partition coefficient (Wildman–Crippen LogP) is 3.45. The second-order valence-electron chi connectivity index (χ2n) is 4.73. The van der Waals surface area contributed by atoms with E-state index in [1.165, 1.54) is 19.1 Å². The first-order chi connectivity index (χ1) is 10.1. The minimum absolute atomic E-state index is 0.0485. The first-order valence-corrected chi connectivity index (χ1v) is 6.64. The molecule has 0 saturated carbocycles. The summed E-state index contributed by atoms with van der Waals surface area (Å²) in [6.45, 7) is 2.26. The van der Waals surface area contributed by atoms with E-state index in [-0.39, 0.29) is 11.5 Å². The van der Waals surface area contributed by atoms with Crippen molar-refractivity contribution in [3.05, 3.63) is 69.8 Å². The highest BCUT2D eigenvalue weighted by Crippen LogP contribution is 2.13. The second kappa shape index (κ2) is 6.65. The molecule has 0 saturated heterocycles. The summed E-state index contributed by atoms with van der Waals surface area (Å²) in [5.41, 5.74) is 2.78. The number of carbonyl (C=O) groups is 1. The molecular weight excluding hydrogens is 268 g/mol. The number of nitrogens with one attached hydrogen (secondary N) is 1. The Morgan fingerprint density at radius 3 is 2.24 bits per heavy atom. The van der Waals surface area contributed by atoms with E-state index in [1.54, 1.807) is 24.3 Å². The number of anilines is 1. The Kier molecular flexibility index (Phi) is 4.66. The van der Waals surface area contributed by atoms with Gasteiger partial charge in [0.05, 0.1) is 4.92 Å². The highest BCUT2D eigenvalue weighted by atomic mass is 16.6. The fourth-order valence-electron chi connectivity index (χ4n) is 1.96. The van der Waals surface area contributed by atoms with E-state index < -0.39 is 4.92 Å². The predicted molar refractivity (Wildman–Crippen MR) is 81.7 cm³/mol. The molecule has 0 radical (unpaired) electrons. The molecule has 2 aromatic carbocycles. The lowest BCUT2D eigenvalue weighted by Crippen LogP contribution is -2.05. The summed E-state index contributed by atoms with van der Waals surface area (Å²) in [6, 6.07) is 13.9. The van der Waals surface area contributed by atoms with Crippen molar-refractivity contribution in [3.63, 3.8) is 0 Å². The average Bonchev–Trinajstić information content (AvgIpc) is 2.48. The van der Waals surface area contributed by atoms with Crippen LogP contribution in [0.25, 0.3) is 0 Å². The van der Waals surface area contributed by atoms with Gasteiger partial charge in [0.1, 0.15) is 0 Å². The molecule has 0 spiro atoms. The summed E-state index contributed by atoms with van der Waals surface area (Å²) >= 11 is 0. The molecule has 2 aromatic rings. The van der Waals surface area contributed by atoms with Crippen LogP contribution in [0.2, 0.25) is 0 Å². The molecule has 0 atom stereocenters. The number of rotatable bonds is 6. The molecule has 0 heterocycles. The normalized spacial score (nSPS) is 10.1. The number of ketones is 1. The Labute approximate surface area is 122 Å². The molecule has 2 rings (SSSR count). The molecule has 21 heavy (non-hydrogen) atoms. The number of hydrogen-bond acceptors (Lipinski definition) is 4. The smallest absolute Gasteiger partial charge is 0.269 e.